The van der Waals surface area contributed by atoms with E-state index in [0.717, 1.165) is 12.2 Å². The molecule has 0 aliphatic carbocycles. The van der Waals surface area contributed by atoms with Crippen molar-refractivity contribution in [3.8, 4) is 0 Å². The van der Waals surface area contributed by atoms with Gasteiger partial charge in [0, 0.05) is 17.8 Å². The monoisotopic (exact) mass is 234 g/mol. The van der Waals surface area contributed by atoms with Crippen LogP contribution < -0.4 is 4.90 Å². The third-order valence-electron chi connectivity index (χ3n) is 3.96. The Kier molecular flexibility index (Phi) is 4.55. The topological polar surface area (TPSA) is 16.1 Å². The summed E-state index contributed by atoms with van der Waals surface area (Å²) in [5.74, 6) is 1.67. The van der Waals surface area contributed by atoms with Crippen LogP contribution in [0.15, 0.2) is 24.4 Å². The van der Waals surface area contributed by atoms with Gasteiger partial charge in [0.05, 0.1) is 0 Å². The van der Waals surface area contributed by atoms with E-state index in [-0.39, 0.29) is 5.54 Å². The number of anilines is 1. The second kappa shape index (κ2) is 5.52. The van der Waals surface area contributed by atoms with Crippen molar-refractivity contribution in [2.45, 2.75) is 59.5 Å². The van der Waals surface area contributed by atoms with Gasteiger partial charge in [0.2, 0.25) is 0 Å². The van der Waals surface area contributed by atoms with Crippen LogP contribution >= 0.6 is 0 Å². The third kappa shape index (κ3) is 2.99. The maximum absolute atomic E-state index is 4.52. The number of pyridine rings is 1. The Morgan fingerprint density at radius 2 is 1.88 bits per heavy atom. The molecule has 0 saturated carbocycles. The molecule has 0 radical (unpaired) electrons. The Bertz CT molecular complexity index is 330. The molecule has 0 amide bonds. The summed E-state index contributed by atoms with van der Waals surface area (Å²) in [6.07, 6.45) is 3.01. The maximum atomic E-state index is 4.52. The number of rotatable bonds is 5. The van der Waals surface area contributed by atoms with E-state index in [2.05, 4.69) is 63.6 Å². The van der Waals surface area contributed by atoms with Crippen LogP contribution in [0.25, 0.3) is 0 Å². The maximum Gasteiger partial charge on any atom is 0.129 e. The Labute approximate surface area is 106 Å². The zero-order valence-corrected chi connectivity index (χ0v) is 12.1. The van der Waals surface area contributed by atoms with E-state index in [1.807, 2.05) is 12.3 Å². The normalized spacial score (nSPS) is 13.8. The first-order valence-corrected chi connectivity index (χ1v) is 6.61. The van der Waals surface area contributed by atoms with E-state index < -0.39 is 0 Å². The van der Waals surface area contributed by atoms with Gasteiger partial charge >= 0.3 is 0 Å². The molecule has 1 atom stereocenters. The highest BCUT2D eigenvalue weighted by Crippen LogP contribution is 2.31. The molecule has 0 aromatic carbocycles. The van der Waals surface area contributed by atoms with Crippen molar-refractivity contribution in [2.75, 3.05) is 4.90 Å². The molecule has 1 rings (SSSR count). The molecule has 0 bridgehead atoms. The summed E-state index contributed by atoms with van der Waals surface area (Å²) in [5, 5.41) is 0. The van der Waals surface area contributed by atoms with Gasteiger partial charge in [-0.05, 0) is 45.2 Å². The molecule has 0 saturated heterocycles. The van der Waals surface area contributed by atoms with Gasteiger partial charge in [-0.3, -0.25) is 0 Å². The first kappa shape index (κ1) is 14.0. The van der Waals surface area contributed by atoms with Crippen molar-refractivity contribution in [2.24, 2.45) is 5.92 Å². The predicted octanol–water partition coefficient (Wildman–Crippen LogP) is 4.12. The van der Waals surface area contributed by atoms with Crippen LogP contribution in [0.3, 0.4) is 0 Å². The lowest BCUT2D eigenvalue weighted by Crippen LogP contribution is -2.52. The minimum atomic E-state index is 0.115. The number of hydrogen-bond acceptors (Lipinski definition) is 2. The van der Waals surface area contributed by atoms with E-state index in [1.54, 1.807) is 0 Å². The zero-order chi connectivity index (χ0) is 13.1. The highest BCUT2D eigenvalue weighted by atomic mass is 15.3. The van der Waals surface area contributed by atoms with E-state index in [4.69, 9.17) is 0 Å². The van der Waals surface area contributed by atoms with Crippen molar-refractivity contribution in [1.29, 1.82) is 0 Å². The van der Waals surface area contributed by atoms with Crippen molar-refractivity contribution < 1.29 is 0 Å². The largest absolute Gasteiger partial charge is 0.349 e. The molecule has 1 heterocycles. The first-order valence-electron chi connectivity index (χ1n) is 6.61. The van der Waals surface area contributed by atoms with Crippen molar-refractivity contribution in [1.82, 2.24) is 4.98 Å². The molecular formula is C15H26N2. The van der Waals surface area contributed by atoms with Crippen LogP contribution in [0.1, 0.15) is 48.0 Å². The Hall–Kier alpha value is -1.05. The fourth-order valence-corrected chi connectivity index (χ4v) is 2.05. The average molecular weight is 234 g/mol. The summed E-state index contributed by atoms with van der Waals surface area (Å²) in [6.45, 7) is 13.7. The van der Waals surface area contributed by atoms with Gasteiger partial charge < -0.3 is 4.90 Å². The van der Waals surface area contributed by atoms with Gasteiger partial charge in [0.1, 0.15) is 5.82 Å². The van der Waals surface area contributed by atoms with Crippen LogP contribution in [0, 0.1) is 5.92 Å². The molecule has 0 spiro atoms. The third-order valence-corrected chi connectivity index (χ3v) is 3.96. The van der Waals surface area contributed by atoms with Gasteiger partial charge in [0.15, 0.2) is 0 Å². The summed E-state index contributed by atoms with van der Waals surface area (Å²) < 4.78 is 0. The highest BCUT2D eigenvalue weighted by Gasteiger charge is 2.33. The molecule has 0 fully saturated rings. The first-order chi connectivity index (χ1) is 7.91. The van der Waals surface area contributed by atoms with E-state index >= 15 is 0 Å². The molecule has 1 aromatic heterocycles. The van der Waals surface area contributed by atoms with Crippen LogP contribution in [0.2, 0.25) is 0 Å². The van der Waals surface area contributed by atoms with Crippen molar-refractivity contribution >= 4 is 5.82 Å². The van der Waals surface area contributed by atoms with E-state index in [9.17, 15) is 0 Å². The predicted molar refractivity (Wildman–Crippen MR) is 75.4 cm³/mol. The zero-order valence-electron chi connectivity index (χ0n) is 12.1. The van der Waals surface area contributed by atoms with Crippen LogP contribution in [0.4, 0.5) is 5.82 Å². The molecule has 2 nitrogen and oxygen atoms in total. The lowest BCUT2D eigenvalue weighted by molar-refractivity contribution is 0.312. The highest BCUT2D eigenvalue weighted by molar-refractivity contribution is 5.42. The van der Waals surface area contributed by atoms with Crippen LogP contribution in [-0.4, -0.2) is 16.6 Å². The second-order valence-electron chi connectivity index (χ2n) is 5.62. The van der Waals surface area contributed by atoms with Gasteiger partial charge in [-0.15, -0.1) is 0 Å². The quantitative estimate of drug-likeness (QED) is 0.762. The summed E-state index contributed by atoms with van der Waals surface area (Å²) in [6, 6.07) is 6.65. The summed E-state index contributed by atoms with van der Waals surface area (Å²) in [5.41, 5.74) is 0.115. The molecule has 0 aliphatic rings. The number of hydrogen-bond donors (Lipinski definition) is 0. The van der Waals surface area contributed by atoms with Crippen molar-refractivity contribution in [3.05, 3.63) is 24.4 Å². The molecule has 2 heteroatoms. The lowest BCUT2D eigenvalue weighted by atomic mass is 9.87. The molecule has 0 aliphatic heterocycles. The van der Waals surface area contributed by atoms with E-state index in [0.29, 0.717) is 12.0 Å². The minimum Gasteiger partial charge on any atom is -0.349 e. The number of aromatic nitrogens is 1. The molecule has 1 unspecified atom stereocenters. The van der Waals surface area contributed by atoms with Crippen LogP contribution in [-0.2, 0) is 0 Å². The van der Waals surface area contributed by atoms with E-state index in [1.165, 1.54) is 0 Å². The summed E-state index contributed by atoms with van der Waals surface area (Å²) in [7, 11) is 0. The SMILES string of the molecule is CCC(C)N(c1ccccn1)C(C)(C)C(C)C. The lowest BCUT2D eigenvalue weighted by Gasteiger charge is -2.46. The second-order valence-corrected chi connectivity index (χ2v) is 5.62. The fourth-order valence-electron chi connectivity index (χ4n) is 2.05. The van der Waals surface area contributed by atoms with Gasteiger partial charge in [-0.2, -0.15) is 0 Å². The minimum absolute atomic E-state index is 0.115. The Balaban J connectivity index is 3.14. The average Bonchev–Trinajstić information content (AvgIpc) is 2.30. The molecule has 1 aromatic rings. The van der Waals surface area contributed by atoms with Gasteiger partial charge in [0.25, 0.3) is 0 Å². The standard InChI is InChI=1S/C15H26N2/c1-7-13(4)17(15(5,6)12(2)3)14-10-8-9-11-16-14/h8-13H,7H2,1-6H3. The fraction of sp³-hybridized carbons (Fsp3) is 0.667. The van der Waals surface area contributed by atoms with Gasteiger partial charge in [-0.25, -0.2) is 4.98 Å². The summed E-state index contributed by atoms with van der Waals surface area (Å²) in [4.78, 5) is 6.98. The molecule has 17 heavy (non-hydrogen) atoms. The van der Waals surface area contributed by atoms with Crippen molar-refractivity contribution in [3.63, 3.8) is 0 Å². The Morgan fingerprint density at radius 1 is 1.24 bits per heavy atom. The smallest absolute Gasteiger partial charge is 0.129 e. The van der Waals surface area contributed by atoms with Crippen LogP contribution in [0.5, 0.6) is 0 Å². The van der Waals surface area contributed by atoms with Gasteiger partial charge in [-0.1, -0.05) is 26.8 Å². The Morgan fingerprint density at radius 3 is 2.29 bits per heavy atom. The number of nitrogens with zero attached hydrogens (tertiary/aromatic N) is 2. The molecular weight excluding hydrogens is 208 g/mol. The molecule has 96 valence electrons. The molecule has 0 N–H and O–H groups in total. The summed E-state index contributed by atoms with van der Waals surface area (Å²) >= 11 is 0.